The molecule has 0 atom stereocenters. The third-order valence-corrected chi connectivity index (χ3v) is 3.07. The van der Waals surface area contributed by atoms with Crippen molar-refractivity contribution in [1.29, 1.82) is 0 Å². The molecular weight excluding hydrogens is 306 g/mol. The van der Waals surface area contributed by atoms with Crippen molar-refractivity contribution >= 4 is 21.8 Å². The van der Waals surface area contributed by atoms with Crippen LogP contribution in [0, 0.1) is 11.6 Å². The van der Waals surface area contributed by atoms with Crippen LogP contribution in [0.5, 0.6) is 0 Å². The van der Waals surface area contributed by atoms with Crippen molar-refractivity contribution in [2.45, 2.75) is 13.0 Å². The molecule has 0 aliphatic rings. The van der Waals surface area contributed by atoms with Crippen LogP contribution in [-0.4, -0.2) is 31.4 Å². The van der Waals surface area contributed by atoms with Crippen molar-refractivity contribution in [1.82, 2.24) is 10.2 Å². The first-order chi connectivity index (χ1) is 8.43. The van der Waals surface area contributed by atoms with Crippen LogP contribution in [0.15, 0.2) is 16.6 Å². The first-order valence-corrected chi connectivity index (χ1v) is 6.26. The van der Waals surface area contributed by atoms with Gasteiger partial charge in [-0.2, -0.15) is 0 Å². The topological polar surface area (TPSA) is 32.3 Å². The molecule has 0 saturated carbocycles. The maximum absolute atomic E-state index is 13.6. The van der Waals surface area contributed by atoms with Crippen LogP contribution in [0.4, 0.5) is 8.78 Å². The zero-order valence-corrected chi connectivity index (χ0v) is 11.9. The summed E-state index contributed by atoms with van der Waals surface area (Å²) < 4.78 is 27.2. The van der Waals surface area contributed by atoms with Crippen molar-refractivity contribution in [2.24, 2.45) is 0 Å². The summed E-state index contributed by atoms with van der Waals surface area (Å²) in [5, 5.41) is 2.85. The Labute approximate surface area is 113 Å². The van der Waals surface area contributed by atoms with Crippen molar-refractivity contribution in [2.75, 3.05) is 20.6 Å². The van der Waals surface area contributed by atoms with Gasteiger partial charge in [0.1, 0.15) is 11.6 Å². The van der Waals surface area contributed by atoms with E-state index in [1.807, 2.05) is 0 Å². The minimum Gasteiger partial charge on any atom is -0.349 e. The number of hydrogen-bond donors (Lipinski definition) is 1. The van der Waals surface area contributed by atoms with Crippen molar-refractivity contribution < 1.29 is 13.6 Å². The van der Waals surface area contributed by atoms with Crippen molar-refractivity contribution in [3.05, 3.63) is 33.8 Å². The van der Waals surface area contributed by atoms with E-state index >= 15 is 0 Å². The maximum atomic E-state index is 13.6. The number of rotatable bonds is 5. The van der Waals surface area contributed by atoms with E-state index in [1.165, 1.54) is 17.0 Å². The summed E-state index contributed by atoms with van der Waals surface area (Å²) in [5.74, 6) is -1.23. The van der Waals surface area contributed by atoms with Gasteiger partial charge < -0.3 is 10.2 Å². The molecule has 0 aliphatic carbocycles. The first kappa shape index (κ1) is 15.0. The molecule has 0 fully saturated rings. The molecule has 100 valence electrons. The van der Waals surface area contributed by atoms with Gasteiger partial charge in [0.25, 0.3) is 0 Å². The standard InChI is InChI=1S/C12H15BrF2N2O/c1-17(2)11(18)5-6-16-7-8-10(14)4-3-9(13)12(8)15/h3-4,16H,5-7H2,1-2H3. The number of nitrogens with zero attached hydrogens (tertiary/aromatic N) is 1. The smallest absolute Gasteiger partial charge is 0.223 e. The molecule has 3 nitrogen and oxygen atoms in total. The molecule has 0 heterocycles. The molecule has 0 spiro atoms. The quantitative estimate of drug-likeness (QED) is 0.667. The third kappa shape index (κ3) is 4.03. The molecule has 0 saturated heterocycles. The molecule has 1 rings (SSSR count). The van der Waals surface area contributed by atoms with Gasteiger partial charge in [0.2, 0.25) is 5.91 Å². The normalized spacial score (nSPS) is 10.5. The Hall–Kier alpha value is -1.01. The average molecular weight is 321 g/mol. The van der Waals surface area contributed by atoms with Crippen LogP contribution < -0.4 is 5.32 Å². The molecular formula is C12H15BrF2N2O. The Balaban J connectivity index is 2.50. The van der Waals surface area contributed by atoms with Crippen LogP contribution in [0.3, 0.4) is 0 Å². The van der Waals surface area contributed by atoms with Gasteiger partial charge in [-0.3, -0.25) is 4.79 Å². The molecule has 0 unspecified atom stereocenters. The van der Waals surface area contributed by atoms with Gasteiger partial charge in [-0.25, -0.2) is 8.78 Å². The lowest BCUT2D eigenvalue weighted by atomic mass is 10.2. The molecule has 1 aromatic rings. The van der Waals surface area contributed by atoms with Crippen molar-refractivity contribution in [3.8, 4) is 0 Å². The van der Waals surface area contributed by atoms with Crippen LogP contribution in [0.1, 0.15) is 12.0 Å². The molecule has 0 bridgehead atoms. The van der Waals surface area contributed by atoms with Gasteiger partial charge in [0.05, 0.1) is 4.47 Å². The van der Waals surface area contributed by atoms with Crippen LogP contribution in [0.2, 0.25) is 0 Å². The van der Waals surface area contributed by atoms with E-state index in [9.17, 15) is 13.6 Å². The maximum Gasteiger partial charge on any atom is 0.223 e. The van der Waals surface area contributed by atoms with E-state index in [4.69, 9.17) is 0 Å². The third-order valence-electron chi connectivity index (χ3n) is 2.46. The summed E-state index contributed by atoms with van der Waals surface area (Å²) in [7, 11) is 3.33. The average Bonchev–Trinajstić information content (AvgIpc) is 2.32. The lowest BCUT2D eigenvalue weighted by Crippen LogP contribution is -2.26. The number of benzene rings is 1. The van der Waals surface area contributed by atoms with Gasteiger partial charge in [0, 0.05) is 39.2 Å². The number of hydrogen-bond acceptors (Lipinski definition) is 2. The highest BCUT2D eigenvalue weighted by atomic mass is 79.9. The molecule has 1 aromatic carbocycles. The zero-order valence-electron chi connectivity index (χ0n) is 10.3. The lowest BCUT2D eigenvalue weighted by Gasteiger charge is -2.11. The van der Waals surface area contributed by atoms with E-state index in [-0.39, 0.29) is 22.5 Å². The van der Waals surface area contributed by atoms with E-state index in [0.717, 1.165) is 0 Å². The summed E-state index contributed by atoms with van der Waals surface area (Å²) in [6, 6.07) is 2.53. The van der Waals surface area contributed by atoms with E-state index in [2.05, 4.69) is 21.2 Å². The second kappa shape index (κ2) is 6.80. The van der Waals surface area contributed by atoms with Crippen LogP contribution in [0.25, 0.3) is 0 Å². The fourth-order valence-corrected chi connectivity index (χ4v) is 1.73. The van der Waals surface area contributed by atoms with Gasteiger partial charge in [0.15, 0.2) is 0 Å². The van der Waals surface area contributed by atoms with Gasteiger partial charge in [-0.05, 0) is 28.1 Å². The fraction of sp³-hybridized carbons (Fsp3) is 0.417. The molecule has 1 amide bonds. The minimum atomic E-state index is -0.610. The van der Waals surface area contributed by atoms with Gasteiger partial charge >= 0.3 is 0 Å². The largest absolute Gasteiger partial charge is 0.349 e. The van der Waals surface area contributed by atoms with E-state index in [1.54, 1.807) is 14.1 Å². The summed E-state index contributed by atoms with van der Waals surface area (Å²) in [4.78, 5) is 12.7. The Bertz CT molecular complexity index is 438. The summed E-state index contributed by atoms with van der Waals surface area (Å²) in [6.45, 7) is 0.431. The Morgan fingerprint density at radius 2 is 2.06 bits per heavy atom. The molecule has 6 heteroatoms. The van der Waals surface area contributed by atoms with Gasteiger partial charge in [-0.15, -0.1) is 0 Å². The second-order valence-electron chi connectivity index (χ2n) is 4.04. The molecule has 18 heavy (non-hydrogen) atoms. The SMILES string of the molecule is CN(C)C(=O)CCNCc1c(F)ccc(Br)c1F. The molecule has 0 radical (unpaired) electrons. The molecule has 0 aliphatic heterocycles. The van der Waals surface area contributed by atoms with Crippen molar-refractivity contribution in [3.63, 3.8) is 0 Å². The summed E-state index contributed by atoms with van der Waals surface area (Å²) >= 11 is 3.00. The molecule has 1 N–H and O–H groups in total. The predicted octanol–water partition coefficient (Wildman–Crippen LogP) is 2.30. The zero-order chi connectivity index (χ0) is 13.7. The number of nitrogens with one attached hydrogen (secondary N) is 1. The highest BCUT2D eigenvalue weighted by molar-refractivity contribution is 9.10. The monoisotopic (exact) mass is 320 g/mol. The fourth-order valence-electron chi connectivity index (χ4n) is 1.36. The molecule has 0 aromatic heterocycles. The number of carbonyl (C=O) groups excluding carboxylic acids is 1. The number of halogens is 3. The van der Waals surface area contributed by atoms with Crippen LogP contribution >= 0.6 is 15.9 Å². The predicted molar refractivity (Wildman–Crippen MR) is 69.1 cm³/mol. The summed E-state index contributed by atoms with van der Waals surface area (Å²) in [6.07, 6.45) is 0.296. The van der Waals surface area contributed by atoms with E-state index < -0.39 is 11.6 Å². The first-order valence-electron chi connectivity index (χ1n) is 5.46. The number of amides is 1. The second-order valence-corrected chi connectivity index (χ2v) is 4.89. The van der Waals surface area contributed by atoms with Gasteiger partial charge in [-0.1, -0.05) is 0 Å². The Morgan fingerprint density at radius 1 is 1.39 bits per heavy atom. The summed E-state index contributed by atoms with van der Waals surface area (Å²) in [5.41, 5.74) is -0.0262. The number of carbonyl (C=O) groups is 1. The van der Waals surface area contributed by atoms with Crippen LogP contribution in [-0.2, 0) is 11.3 Å². The highest BCUT2D eigenvalue weighted by Gasteiger charge is 2.12. The Kier molecular flexibility index (Phi) is 5.68. The minimum absolute atomic E-state index is 0.0262. The lowest BCUT2D eigenvalue weighted by molar-refractivity contribution is -0.128. The highest BCUT2D eigenvalue weighted by Crippen LogP contribution is 2.21. The Morgan fingerprint density at radius 3 is 2.67 bits per heavy atom. The van der Waals surface area contributed by atoms with E-state index in [0.29, 0.717) is 13.0 Å².